The van der Waals surface area contributed by atoms with Crippen molar-refractivity contribution < 1.29 is 4.84 Å². The number of hydroxylamine groups is 1. The van der Waals surface area contributed by atoms with Crippen LogP contribution in [-0.4, -0.2) is 0 Å². The smallest absolute Gasteiger partial charge is 0.162 e. The van der Waals surface area contributed by atoms with Crippen molar-refractivity contribution in [2.24, 2.45) is 0 Å². The third-order valence-electron chi connectivity index (χ3n) is 1.48. The summed E-state index contributed by atoms with van der Waals surface area (Å²) in [6.07, 6.45) is 1.92. The van der Waals surface area contributed by atoms with Gasteiger partial charge in [-0.25, -0.2) is 5.48 Å². The molecule has 1 aromatic rings. The van der Waals surface area contributed by atoms with Crippen molar-refractivity contribution in [3.05, 3.63) is 34.9 Å². The van der Waals surface area contributed by atoms with Crippen LogP contribution in [0.3, 0.4) is 0 Å². The van der Waals surface area contributed by atoms with E-state index in [1.165, 1.54) is 0 Å². The van der Waals surface area contributed by atoms with Crippen molar-refractivity contribution in [1.82, 2.24) is 5.48 Å². The van der Waals surface area contributed by atoms with Gasteiger partial charge in [-0.1, -0.05) is 18.2 Å². The molecule has 56 valence electrons. The molecule has 2 nitrogen and oxygen atoms in total. The Bertz CT molecular complexity index is 309. The van der Waals surface area contributed by atoms with Crippen molar-refractivity contribution >= 4 is 18.7 Å². The van der Waals surface area contributed by atoms with Crippen LogP contribution in [0, 0.1) is 0 Å². The van der Waals surface area contributed by atoms with Crippen LogP contribution in [0.15, 0.2) is 29.3 Å². The molecule has 0 saturated heterocycles. The molecule has 1 heterocycles. The van der Waals surface area contributed by atoms with Gasteiger partial charge in [-0.15, -0.1) is 12.6 Å². The molecule has 0 atom stereocenters. The Hall–Kier alpha value is -1.09. The van der Waals surface area contributed by atoms with Crippen molar-refractivity contribution in [3.8, 4) is 5.75 Å². The van der Waals surface area contributed by atoms with Gasteiger partial charge >= 0.3 is 0 Å². The minimum atomic E-state index is 0.726. The predicted molar refractivity (Wildman–Crippen MR) is 47.2 cm³/mol. The number of hydrogen-bond acceptors (Lipinski definition) is 3. The molecule has 0 spiro atoms. The first-order chi connectivity index (χ1) is 5.36. The molecule has 0 aliphatic carbocycles. The summed E-state index contributed by atoms with van der Waals surface area (Å²) in [6, 6.07) is 7.77. The number of rotatable bonds is 0. The van der Waals surface area contributed by atoms with Gasteiger partial charge < -0.3 is 4.84 Å². The normalized spacial score (nSPS) is 14.1. The predicted octanol–water partition coefficient (Wildman–Crippen LogP) is 1.81. The van der Waals surface area contributed by atoms with Crippen molar-refractivity contribution in [3.63, 3.8) is 0 Å². The van der Waals surface area contributed by atoms with Gasteiger partial charge in [0.1, 0.15) is 5.03 Å². The lowest BCUT2D eigenvalue weighted by molar-refractivity contribution is 0.235. The van der Waals surface area contributed by atoms with E-state index < -0.39 is 0 Å². The van der Waals surface area contributed by atoms with Gasteiger partial charge in [-0.3, -0.25) is 0 Å². The molecule has 0 fully saturated rings. The zero-order valence-corrected chi connectivity index (χ0v) is 6.64. The molecule has 1 N–H and O–H groups in total. The summed E-state index contributed by atoms with van der Waals surface area (Å²) in [5.74, 6) is 0.838. The molecule has 0 aromatic heterocycles. The zero-order chi connectivity index (χ0) is 7.68. The number of fused-ring (bicyclic) bond motifs is 1. The number of para-hydroxylation sites is 1. The van der Waals surface area contributed by atoms with Gasteiger partial charge in [0.2, 0.25) is 0 Å². The first kappa shape index (κ1) is 6.61. The molecule has 0 amide bonds. The topological polar surface area (TPSA) is 21.3 Å². The molecular weight excluding hydrogens is 158 g/mol. The quantitative estimate of drug-likeness (QED) is 0.572. The SMILES string of the molecule is SC1=Cc2ccccc2ON1. The first-order valence-corrected chi connectivity index (χ1v) is 3.73. The summed E-state index contributed by atoms with van der Waals surface area (Å²) in [5, 5.41) is 0.726. The van der Waals surface area contributed by atoms with Crippen LogP contribution in [0.4, 0.5) is 0 Å². The fourth-order valence-corrected chi connectivity index (χ4v) is 1.16. The van der Waals surface area contributed by atoms with Crippen LogP contribution in [0.1, 0.15) is 5.56 Å². The maximum absolute atomic E-state index is 5.14. The third kappa shape index (κ3) is 1.19. The Morgan fingerprint density at radius 2 is 2.09 bits per heavy atom. The monoisotopic (exact) mass is 165 g/mol. The molecule has 0 radical (unpaired) electrons. The second kappa shape index (κ2) is 2.51. The zero-order valence-electron chi connectivity index (χ0n) is 5.74. The Balaban J connectivity index is 2.51. The van der Waals surface area contributed by atoms with E-state index in [0.29, 0.717) is 0 Å². The molecule has 2 rings (SSSR count). The van der Waals surface area contributed by atoms with E-state index in [-0.39, 0.29) is 0 Å². The van der Waals surface area contributed by atoms with Crippen LogP contribution in [0.2, 0.25) is 0 Å². The van der Waals surface area contributed by atoms with Gasteiger partial charge in [-0.2, -0.15) is 0 Å². The second-order valence-electron chi connectivity index (χ2n) is 2.27. The lowest BCUT2D eigenvalue weighted by Gasteiger charge is -2.14. The van der Waals surface area contributed by atoms with Gasteiger partial charge in [0.25, 0.3) is 0 Å². The van der Waals surface area contributed by atoms with E-state index in [9.17, 15) is 0 Å². The second-order valence-corrected chi connectivity index (χ2v) is 2.75. The molecule has 1 aromatic carbocycles. The van der Waals surface area contributed by atoms with E-state index in [0.717, 1.165) is 16.3 Å². The van der Waals surface area contributed by atoms with E-state index in [1.54, 1.807) is 0 Å². The van der Waals surface area contributed by atoms with Crippen molar-refractivity contribution in [2.45, 2.75) is 0 Å². The molecular formula is C8H7NOS. The highest BCUT2D eigenvalue weighted by atomic mass is 32.1. The highest BCUT2D eigenvalue weighted by Gasteiger charge is 2.06. The fourth-order valence-electron chi connectivity index (χ4n) is 0.977. The summed E-state index contributed by atoms with van der Waals surface area (Å²) in [4.78, 5) is 5.14. The lowest BCUT2D eigenvalue weighted by Crippen LogP contribution is -2.18. The Labute approximate surface area is 70.2 Å². The summed E-state index contributed by atoms with van der Waals surface area (Å²) >= 11 is 4.11. The molecule has 0 bridgehead atoms. The van der Waals surface area contributed by atoms with Gasteiger partial charge in [-0.05, 0) is 12.1 Å². The highest BCUT2D eigenvalue weighted by Crippen LogP contribution is 2.23. The Kier molecular flexibility index (Phi) is 1.51. The molecule has 1 aliphatic rings. The average molecular weight is 165 g/mol. The molecule has 0 saturated carbocycles. The maximum Gasteiger partial charge on any atom is 0.162 e. The molecule has 3 heteroatoms. The fraction of sp³-hybridized carbons (Fsp3) is 0. The van der Waals surface area contributed by atoms with Crippen LogP contribution in [0.25, 0.3) is 6.08 Å². The first-order valence-electron chi connectivity index (χ1n) is 3.29. The number of nitrogens with one attached hydrogen (secondary N) is 1. The molecule has 0 unspecified atom stereocenters. The van der Waals surface area contributed by atoms with Crippen molar-refractivity contribution in [1.29, 1.82) is 0 Å². The van der Waals surface area contributed by atoms with Gasteiger partial charge in [0, 0.05) is 5.56 Å². The maximum atomic E-state index is 5.14. The Morgan fingerprint density at radius 1 is 1.27 bits per heavy atom. The minimum Gasteiger partial charge on any atom is -0.381 e. The van der Waals surface area contributed by atoms with Crippen LogP contribution in [-0.2, 0) is 0 Å². The number of hydrogen-bond donors (Lipinski definition) is 2. The number of benzene rings is 1. The minimum absolute atomic E-state index is 0.726. The van der Waals surface area contributed by atoms with E-state index in [1.807, 2.05) is 30.3 Å². The summed E-state index contributed by atoms with van der Waals surface area (Å²) < 4.78 is 0. The summed E-state index contributed by atoms with van der Waals surface area (Å²) in [5.41, 5.74) is 3.72. The van der Waals surface area contributed by atoms with Gasteiger partial charge in [0.15, 0.2) is 5.75 Å². The van der Waals surface area contributed by atoms with Crippen LogP contribution in [0.5, 0.6) is 5.75 Å². The standard InChI is InChI=1S/C8H7NOS/c11-8-5-6-3-1-2-4-7(6)10-9-8/h1-5,9,11H. The van der Waals surface area contributed by atoms with Gasteiger partial charge in [0.05, 0.1) is 0 Å². The number of thiol groups is 1. The van der Waals surface area contributed by atoms with E-state index in [2.05, 4.69) is 18.1 Å². The molecule has 11 heavy (non-hydrogen) atoms. The van der Waals surface area contributed by atoms with E-state index in [4.69, 9.17) is 4.84 Å². The Morgan fingerprint density at radius 3 is 3.00 bits per heavy atom. The molecule has 1 aliphatic heterocycles. The van der Waals surface area contributed by atoms with Crippen LogP contribution < -0.4 is 10.3 Å². The highest BCUT2D eigenvalue weighted by molar-refractivity contribution is 7.84. The largest absolute Gasteiger partial charge is 0.381 e. The van der Waals surface area contributed by atoms with Crippen molar-refractivity contribution in [2.75, 3.05) is 0 Å². The summed E-state index contributed by atoms with van der Waals surface area (Å²) in [6.45, 7) is 0. The van der Waals surface area contributed by atoms with E-state index >= 15 is 0 Å². The third-order valence-corrected chi connectivity index (χ3v) is 1.70. The average Bonchev–Trinajstić information content (AvgIpc) is 2.04. The van der Waals surface area contributed by atoms with Crippen LogP contribution >= 0.6 is 12.6 Å². The lowest BCUT2D eigenvalue weighted by atomic mass is 10.2. The summed E-state index contributed by atoms with van der Waals surface area (Å²) in [7, 11) is 0.